The average Bonchev–Trinajstić information content (AvgIpc) is 2.19. The first kappa shape index (κ1) is 14.5. The van der Waals surface area contributed by atoms with Gasteiger partial charge in [-0.05, 0) is 30.1 Å². The molecule has 1 aliphatic rings. The normalized spacial score (nSPS) is 19.6. The first-order valence-electron chi connectivity index (χ1n) is 6.22. The number of hydrogen-bond donors (Lipinski definition) is 2. The first-order valence-corrected chi connectivity index (χ1v) is 6.22. The lowest BCUT2D eigenvalue weighted by molar-refractivity contribution is 0.0587. The van der Waals surface area contributed by atoms with Crippen LogP contribution in [-0.2, 0) is 0 Å². The molecule has 1 rings (SSSR count). The largest absolute Gasteiger partial charge is 0.390 e. The van der Waals surface area contributed by atoms with Gasteiger partial charge in [0.05, 0.1) is 6.34 Å². The molecule has 0 bridgehead atoms. The molecule has 0 saturated heterocycles. The van der Waals surface area contributed by atoms with E-state index in [1.807, 2.05) is 0 Å². The average molecular weight is 212 g/mol. The number of nitrogens with two attached hydrogens (primary N) is 1. The Morgan fingerprint density at radius 2 is 1.33 bits per heavy atom. The number of nitrogens with one attached hydrogen (secondary N) is 1. The molecule has 90 valence electrons. The predicted molar refractivity (Wildman–Crippen MR) is 68.2 cm³/mol. The molecule has 0 aromatic rings. The van der Waals surface area contributed by atoms with E-state index in [1.165, 1.54) is 32.1 Å². The summed E-state index contributed by atoms with van der Waals surface area (Å²) in [6.07, 6.45) is 8.11. The summed E-state index contributed by atoms with van der Waals surface area (Å²) in [6.45, 7) is 9.63. The molecule has 1 aliphatic carbocycles. The second-order valence-corrected chi connectivity index (χ2v) is 5.27. The Labute approximate surface area is 95.1 Å². The first-order chi connectivity index (χ1) is 7.01. The molecule has 3 N–H and O–H groups in total. The molecule has 0 amide bonds. The maximum atomic E-state index is 5.86. The second kappa shape index (κ2) is 6.86. The van der Waals surface area contributed by atoms with E-state index in [0.29, 0.717) is 5.41 Å². The molecular weight excluding hydrogens is 184 g/mol. The molecule has 15 heavy (non-hydrogen) atoms. The van der Waals surface area contributed by atoms with Gasteiger partial charge in [-0.2, -0.15) is 0 Å². The van der Waals surface area contributed by atoms with Crippen molar-refractivity contribution in [2.24, 2.45) is 23.0 Å². The van der Waals surface area contributed by atoms with Gasteiger partial charge in [0.25, 0.3) is 0 Å². The highest BCUT2D eigenvalue weighted by Gasteiger charge is 2.37. The third-order valence-electron chi connectivity index (χ3n) is 4.08. The fourth-order valence-corrected chi connectivity index (χ4v) is 3.03. The van der Waals surface area contributed by atoms with Crippen molar-refractivity contribution in [3.63, 3.8) is 0 Å². The van der Waals surface area contributed by atoms with Crippen LogP contribution in [0.1, 0.15) is 59.8 Å². The van der Waals surface area contributed by atoms with Crippen LogP contribution in [0.4, 0.5) is 0 Å². The monoisotopic (exact) mass is 212 g/mol. The van der Waals surface area contributed by atoms with Gasteiger partial charge >= 0.3 is 0 Å². The summed E-state index contributed by atoms with van der Waals surface area (Å²) in [5.74, 6) is 1.75. The fraction of sp³-hybridized carbons (Fsp3) is 0.923. The molecule has 2 heteroatoms. The number of rotatable bonds is 2. The lowest BCUT2D eigenvalue weighted by Gasteiger charge is -2.44. The van der Waals surface area contributed by atoms with Crippen LogP contribution in [0.3, 0.4) is 0 Å². The summed E-state index contributed by atoms with van der Waals surface area (Å²) in [5.41, 5.74) is 5.07. The maximum absolute atomic E-state index is 5.86. The van der Waals surface area contributed by atoms with Gasteiger partial charge in [-0.25, -0.2) is 0 Å². The highest BCUT2D eigenvalue weighted by molar-refractivity contribution is 5.46. The van der Waals surface area contributed by atoms with Crippen molar-refractivity contribution in [1.82, 2.24) is 0 Å². The van der Waals surface area contributed by atoms with Crippen molar-refractivity contribution in [2.45, 2.75) is 59.8 Å². The smallest absolute Gasteiger partial charge is 0.0765 e. The SMILES string of the molecule is CC(C)C1(C(C)C)CCCCC1.N=CN. The van der Waals surface area contributed by atoms with Crippen molar-refractivity contribution in [1.29, 1.82) is 5.41 Å². The van der Waals surface area contributed by atoms with Crippen molar-refractivity contribution in [3.05, 3.63) is 0 Å². The molecule has 2 nitrogen and oxygen atoms in total. The van der Waals surface area contributed by atoms with E-state index in [9.17, 15) is 0 Å². The van der Waals surface area contributed by atoms with Gasteiger partial charge in [-0.3, -0.25) is 5.41 Å². The third kappa shape index (κ3) is 3.84. The quantitative estimate of drug-likeness (QED) is 0.531. The van der Waals surface area contributed by atoms with Crippen LogP contribution in [0.5, 0.6) is 0 Å². The van der Waals surface area contributed by atoms with E-state index in [4.69, 9.17) is 5.41 Å². The Balaban J connectivity index is 0.000000583. The minimum absolute atomic E-state index is 0.679. The molecule has 1 fully saturated rings. The third-order valence-corrected chi connectivity index (χ3v) is 4.08. The Kier molecular flexibility index (Phi) is 6.62. The summed E-state index contributed by atoms with van der Waals surface area (Å²) in [5, 5.41) is 5.86. The summed E-state index contributed by atoms with van der Waals surface area (Å²) in [4.78, 5) is 0. The van der Waals surface area contributed by atoms with Crippen molar-refractivity contribution in [2.75, 3.05) is 0 Å². The fourth-order valence-electron chi connectivity index (χ4n) is 3.03. The van der Waals surface area contributed by atoms with E-state index < -0.39 is 0 Å². The van der Waals surface area contributed by atoms with Crippen molar-refractivity contribution < 1.29 is 0 Å². The van der Waals surface area contributed by atoms with Gasteiger partial charge in [0.2, 0.25) is 0 Å². The summed E-state index contributed by atoms with van der Waals surface area (Å²) < 4.78 is 0. The predicted octanol–water partition coefficient (Wildman–Crippen LogP) is 3.80. The summed E-state index contributed by atoms with van der Waals surface area (Å²) >= 11 is 0. The molecule has 0 aromatic heterocycles. The lowest BCUT2D eigenvalue weighted by Crippen LogP contribution is -2.35. The van der Waals surface area contributed by atoms with Crippen LogP contribution in [0.15, 0.2) is 0 Å². The zero-order chi connectivity index (χ0) is 11.9. The van der Waals surface area contributed by atoms with Crippen LogP contribution >= 0.6 is 0 Å². The topological polar surface area (TPSA) is 49.9 Å². The zero-order valence-electron chi connectivity index (χ0n) is 10.8. The van der Waals surface area contributed by atoms with Gasteiger partial charge in [0.15, 0.2) is 0 Å². The van der Waals surface area contributed by atoms with Crippen LogP contribution in [0.2, 0.25) is 0 Å². The van der Waals surface area contributed by atoms with Crippen LogP contribution in [-0.4, -0.2) is 6.34 Å². The van der Waals surface area contributed by atoms with E-state index in [2.05, 4.69) is 33.4 Å². The molecule has 0 unspecified atom stereocenters. The molecule has 1 saturated carbocycles. The molecule has 0 heterocycles. The maximum Gasteiger partial charge on any atom is 0.0765 e. The highest BCUT2D eigenvalue weighted by atomic mass is 14.6. The molecule has 0 aromatic carbocycles. The summed E-state index contributed by atoms with van der Waals surface area (Å²) in [7, 11) is 0. The van der Waals surface area contributed by atoms with Gasteiger partial charge in [-0.15, -0.1) is 0 Å². The van der Waals surface area contributed by atoms with Gasteiger partial charge in [-0.1, -0.05) is 47.0 Å². The highest BCUT2D eigenvalue weighted by Crippen LogP contribution is 2.47. The minimum atomic E-state index is 0.679. The van der Waals surface area contributed by atoms with Crippen molar-refractivity contribution in [3.8, 4) is 0 Å². The van der Waals surface area contributed by atoms with E-state index in [-0.39, 0.29) is 0 Å². The van der Waals surface area contributed by atoms with Crippen molar-refractivity contribution >= 4 is 6.34 Å². The van der Waals surface area contributed by atoms with Crippen LogP contribution in [0.25, 0.3) is 0 Å². The van der Waals surface area contributed by atoms with E-state index in [1.54, 1.807) is 0 Å². The van der Waals surface area contributed by atoms with Gasteiger partial charge < -0.3 is 5.73 Å². The lowest BCUT2D eigenvalue weighted by atomic mass is 9.61. The molecule has 0 spiro atoms. The molecular formula is C13H28N2. The molecule has 0 aliphatic heterocycles. The second-order valence-electron chi connectivity index (χ2n) is 5.27. The standard InChI is InChI=1S/C12H24.CH4N2/c1-10(2)12(11(3)4)8-6-5-7-9-12;2-1-3/h10-11H,5-9H2,1-4H3;1H,(H3,2,3). The van der Waals surface area contributed by atoms with Gasteiger partial charge in [0, 0.05) is 0 Å². The van der Waals surface area contributed by atoms with E-state index in [0.717, 1.165) is 18.2 Å². The van der Waals surface area contributed by atoms with Crippen LogP contribution in [0, 0.1) is 22.7 Å². The molecule has 0 radical (unpaired) electrons. The number of hydrogen-bond acceptors (Lipinski definition) is 1. The Bertz CT molecular complexity index is 157. The Morgan fingerprint density at radius 1 is 1.00 bits per heavy atom. The molecule has 0 atom stereocenters. The van der Waals surface area contributed by atoms with Crippen LogP contribution < -0.4 is 5.73 Å². The minimum Gasteiger partial charge on any atom is -0.390 e. The summed E-state index contributed by atoms with van der Waals surface area (Å²) in [6, 6.07) is 0. The Morgan fingerprint density at radius 3 is 1.53 bits per heavy atom. The van der Waals surface area contributed by atoms with Gasteiger partial charge in [0.1, 0.15) is 0 Å². The van der Waals surface area contributed by atoms with E-state index >= 15 is 0 Å². The zero-order valence-corrected chi connectivity index (χ0v) is 10.8. The Hall–Kier alpha value is -0.530.